The Morgan fingerprint density at radius 3 is 2.33 bits per heavy atom. The number of benzene rings is 2. The van der Waals surface area contributed by atoms with Crippen molar-refractivity contribution in [2.75, 3.05) is 38.0 Å². The van der Waals surface area contributed by atoms with Gasteiger partial charge in [-0.25, -0.2) is 0 Å². The summed E-state index contributed by atoms with van der Waals surface area (Å²) in [5.41, 5.74) is -0.689. The number of rotatable bonds is 6. The third kappa shape index (κ3) is 6.46. The monoisotopic (exact) mass is 460 g/mol. The minimum atomic E-state index is -4.56. The van der Waals surface area contributed by atoms with Gasteiger partial charge in [0.25, 0.3) is 5.91 Å². The standard InChI is InChI=1S/C23H23F3N4O3/c1-16(33-18-8-6-17(14-27)7-9-18)22(32)30-12-10-29(11-13-30)15-21(31)28-20-5-3-2-4-19(20)23(24,25)26/h2-9,16H,10-13,15H2,1H3,(H,28,31). The number of anilines is 1. The fourth-order valence-electron chi connectivity index (χ4n) is 3.48. The van der Waals surface area contributed by atoms with E-state index >= 15 is 0 Å². The van der Waals surface area contributed by atoms with Gasteiger partial charge in [-0.05, 0) is 43.3 Å². The molecule has 0 radical (unpaired) electrons. The molecular weight excluding hydrogens is 437 g/mol. The lowest BCUT2D eigenvalue weighted by molar-refractivity contribution is -0.139. The van der Waals surface area contributed by atoms with E-state index in [4.69, 9.17) is 10.00 Å². The highest BCUT2D eigenvalue weighted by atomic mass is 19.4. The lowest BCUT2D eigenvalue weighted by Gasteiger charge is -2.35. The summed E-state index contributed by atoms with van der Waals surface area (Å²) in [5.74, 6) is -0.282. The number of para-hydroxylation sites is 1. The zero-order valence-electron chi connectivity index (χ0n) is 17.9. The number of nitrogens with zero attached hydrogens (tertiary/aromatic N) is 3. The Morgan fingerprint density at radius 2 is 1.73 bits per heavy atom. The van der Waals surface area contributed by atoms with Gasteiger partial charge in [0.2, 0.25) is 5.91 Å². The molecule has 1 fully saturated rings. The van der Waals surface area contributed by atoms with Crippen molar-refractivity contribution in [2.45, 2.75) is 19.2 Å². The molecule has 1 atom stereocenters. The second-order valence-electron chi connectivity index (χ2n) is 7.59. The number of hydrogen-bond donors (Lipinski definition) is 1. The van der Waals surface area contributed by atoms with E-state index in [1.165, 1.54) is 18.2 Å². The Hall–Kier alpha value is -3.58. The van der Waals surface area contributed by atoms with Crippen LogP contribution in [0.25, 0.3) is 0 Å². The zero-order valence-corrected chi connectivity index (χ0v) is 17.9. The van der Waals surface area contributed by atoms with Crippen molar-refractivity contribution < 1.29 is 27.5 Å². The maximum absolute atomic E-state index is 13.1. The van der Waals surface area contributed by atoms with E-state index in [-0.39, 0.29) is 18.1 Å². The van der Waals surface area contributed by atoms with Crippen LogP contribution < -0.4 is 10.1 Å². The minimum absolute atomic E-state index is 0.0779. The maximum Gasteiger partial charge on any atom is 0.418 e. The van der Waals surface area contributed by atoms with Crippen molar-refractivity contribution in [3.8, 4) is 11.8 Å². The largest absolute Gasteiger partial charge is 0.481 e. The summed E-state index contributed by atoms with van der Waals surface area (Å²) < 4.78 is 44.9. The van der Waals surface area contributed by atoms with Crippen LogP contribution in [0.5, 0.6) is 5.75 Å². The van der Waals surface area contributed by atoms with Crippen LogP contribution in [-0.2, 0) is 15.8 Å². The molecule has 10 heteroatoms. The summed E-state index contributed by atoms with van der Waals surface area (Å²) in [6, 6.07) is 13.3. The molecule has 1 aliphatic heterocycles. The first kappa shape index (κ1) is 24.1. The third-order valence-corrected chi connectivity index (χ3v) is 5.20. The number of nitrogens with one attached hydrogen (secondary N) is 1. The van der Waals surface area contributed by atoms with Crippen LogP contribution in [0.15, 0.2) is 48.5 Å². The molecule has 33 heavy (non-hydrogen) atoms. The van der Waals surface area contributed by atoms with Crippen LogP contribution in [-0.4, -0.2) is 60.4 Å². The molecule has 0 aliphatic carbocycles. The summed E-state index contributed by atoms with van der Waals surface area (Å²) in [4.78, 5) is 28.4. The molecule has 1 N–H and O–H groups in total. The second kappa shape index (κ2) is 10.4. The highest BCUT2D eigenvalue weighted by Crippen LogP contribution is 2.34. The fraction of sp³-hybridized carbons (Fsp3) is 0.348. The number of alkyl halides is 3. The molecule has 1 aliphatic rings. The van der Waals surface area contributed by atoms with Gasteiger partial charge in [0.1, 0.15) is 5.75 Å². The van der Waals surface area contributed by atoms with E-state index in [2.05, 4.69) is 5.32 Å². The Labute approximate surface area is 189 Å². The molecule has 1 unspecified atom stereocenters. The van der Waals surface area contributed by atoms with Crippen LogP contribution in [0.4, 0.5) is 18.9 Å². The minimum Gasteiger partial charge on any atom is -0.481 e. The predicted octanol–water partition coefficient (Wildman–Crippen LogP) is 3.13. The Balaban J connectivity index is 1.48. The van der Waals surface area contributed by atoms with Crippen LogP contribution >= 0.6 is 0 Å². The van der Waals surface area contributed by atoms with Gasteiger partial charge in [0.15, 0.2) is 6.10 Å². The first-order chi connectivity index (χ1) is 15.7. The van der Waals surface area contributed by atoms with Crippen LogP contribution in [0.1, 0.15) is 18.1 Å². The molecule has 3 rings (SSSR count). The van der Waals surface area contributed by atoms with E-state index in [9.17, 15) is 22.8 Å². The normalized spacial score (nSPS) is 15.4. The van der Waals surface area contributed by atoms with Gasteiger partial charge in [-0.15, -0.1) is 0 Å². The first-order valence-corrected chi connectivity index (χ1v) is 10.3. The second-order valence-corrected chi connectivity index (χ2v) is 7.59. The van der Waals surface area contributed by atoms with Crippen molar-refractivity contribution in [3.63, 3.8) is 0 Å². The molecule has 1 saturated heterocycles. The predicted molar refractivity (Wildman–Crippen MR) is 114 cm³/mol. The van der Waals surface area contributed by atoms with Crippen LogP contribution in [0, 0.1) is 11.3 Å². The summed E-state index contributed by atoms with van der Waals surface area (Å²) in [6.07, 6.45) is -5.29. The molecule has 0 spiro atoms. The van der Waals surface area contributed by atoms with E-state index < -0.39 is 23.8 Å². The number of hydrogen-bond acceptors (Lipinski definition) is 5. The molecule has 7 nitrogen and oxygen atoms in total. The van der Waals surface area contributed by atoms with E-state index in [0.29, 0.717) is 37.5 Å². The number of carbonyl (C=O) groups is 2. The van der Waals surface area contributed by atoms with Crippen LogP contribution in [0.2, 0.25) is 0 Å². The molecule has 2 aromatic carbocycles. The van der Waals surface area contributed by atoms with Gasteiger partial charge in [0.05, 0.1) is 29.4 Å². The SMILES string of the molecule is CC(Oc1ccc(C#N)cc1)C(=O)N1CCN(CC(=O)Nc2ccccc2C(F)(F)F)CC1. The third-order valence-electron chi connectivity index (χ3n) is 5.20. The number of amides is 2. The number of halogens is 3. The highest BCUT2D eigenvalue weighted by molar-refractivity contribution is 5.93. The van der Waals surface area contributed by atoms with Gasteiger partial charge in [-0.3, -0.25) is 14.5 Å². The highest BCUT2D eigenvalue weighted by Gasteiger charge is 2.34. The Kier molecular flexibility index (Phi) is 7.55. The molecule has 0 aromatic heterocycles. The average molecular weight is 460 g/mol. The summed E-state index contributed by atoms with van der Waals surface area (Å²) in [7, 11) is 0. The summed E-state index contributed by atoms with van der Waals surface area (Å²) in [5, 5.41) is 11.2. The first-order valence-electron chi connectivity index (χ1n) is 10.3. The Morgan fingerprint density at radius 1 is 1.09 bits per heavy atom. The van der Waals surface area contributed by atoms with Crippen LogP contribution in [0.3, 0.4) is 0 Å². The van der Waals surface area contributed by atoms with Crippen molar-refractivity contribution in [3.05, 3.63) is 59.7 Å². The number of nitriles is 1. The number of ether oxygens (including phenoxy) is 1. The molecular formula is C23H23F3N4O3. The Bertz CT molecular complexity index is 1030. The molecule has 1 heterocycles. The molecule has 0 bridgehead atoms. The van der Waals surface area contributed by atoms with E-state index in [1.54, 1.807) is 41.0 Å². The quantitative estimate of drug-likeness (QED) is 0.716. The summed E-state index contributed by atoms with van der Waals surface area (Å²) >= 11 is 0. The molecule has 2 aromatic rings. The van der Waals surface area contributed by atoms with Gasteiger partial charge < -0.3 is 15.0 Å². The molecule has 174 valence electrons. The molecule has 2 amide bonds. The number of piperazine rings is 1. The lowest BCUT2D eigenvalue weighted by Crippen LogP contribution is -2.53. The lowest BCUT2D eigenvalue weighted by atomic mass is 10.1. The van der Waals surface area contributed by atoms with E-state index in [0.717, 1.165) is 6.07 Å². The van der Waals surface area contributed by atoms with Crippen molar-refractivity contribution in [1.29, 1.82) is 5.26 Å². The average Bonchev–Trinajstić information content (AvgIpc) is 2.79. The topological polar surface area (TPSA) is 85.7 Å². The van der Waals surface area contributed by atoms with Gasteiger partial charge >= 0.3 is 6.18 Å². The maximum atomic E-state index is 13.1. The van der Waals surface area contributed by atoms with Crippen molar-refractivity contribution >= 4 is 17.5 Å². The smallest absolute Gasteiger partial charge is 0.418 e. The summed E-state index contributed by atoms with van der Waals surface area (Å²) in [6.45, 7) is 3.11. The van der Waals surface area contributed by atoms with Crippen molar-refractivity contribution in [1.82, 2.24) is 9.80 Å². The van der Waals surface area contributed by atoms with Crippen molar-refractivity contribution in [2.24, 2.45) is 0 Å². The van der Waals surface area contributed by atoms with E-state index in [1.807, 2.05) is 6.07 Å². The fourth-order valence-corrected chi connectivity index (χ4v) is 3.48. The molecule has 0 saturated carbocycles. The number of carbonyl (C=O) groups excluding carboxylic acids is 2. The zero-order chi connectivity index (χ0) is 24.0. The van der Waals surface area contributed by atoms with Gasteiger partial charge in [-0.1, -0.05) is 12.1 Å². The van der Waals surface area contributed by atoms with Gasteiger partial charge in [0, 0.05) is 26.2 Å². The van der Waals surface area contributed by atoms with Gasteiger partial charge in [-0.2, -0.15) is 18.4 Å².